The summed E-state index contributed by atoms with van der Waals surface area (Å²) < 4.78 is 10.2. The van der Waals surface area contributed by atoms with E-state index in [0.29, 0.717) is 15.7 Å². The Labute approximate surface area is 159 Å². The van der Waals surface area contributed by atoms with Crippen LogP contribution in [-0.4, -0.2) is 31.2 Å². The molecule has 2 aromatic rings. The van der Waals surface area contributed by atoms with Crippen molar-refractivity contribution < 1.29 is 4.74 Å². The molecule has 25 heavy (non-hydrogen) atoms. The quantitative estimate of drug-likeness (QED) is 0.802. The molecule has 2 unspecified atom stereocenters. The summed E-state index contributed by atoms with van der Waals surface area (Å²) in [5, 5.41) is 12.8. The number of hydrogen-bond donors (Lipinski definition) is 1. The zero-order valence-electron chi connectivity index (χ0n) is 14.2. The average molecular weight is 428 g/mol. The van der Waals surface area contributed by atoms with Crippen molar-refractivity contribution in [3.8, 4) is 0 Å². The van der Waals surface area contributed by atoms with Gasteiger partial charge in [0.15, 0.2) is 0 Å². The third-order valence-corrected chi connectivity index (χ3v) is 5.51. The molecule has 0 amide bonds. The van der Waals surface area contributed by atoms with Gasteiger partial charge >= 0.3 is 0 Å². The van der Waals surface area contributed by atoms with E-state index in [0.717, 1.165) is 42.8 Å². The molecule has 2 atom stereocenters. The van der Waals surface area contributed by atoms with Crippen LogP contribution in [0.2, 0.25) is 0 Å². The third kappa shape index (κ3) is 3.11. The van der Waals surface area contributed by atoms with Crippen molar-refractivity contribution in [3.63, 3.8) is 0 Å². The summed E-state index contributed by atoms with van der Waals surface area (Å²) in [6.07, 6.45) is 5.95. The number of rotatable bonds is 3. The SMILES string of the molecule is CC1CC(Nc2nc(Br)nn2C)=C(Cl)c2cnn(C3CCCCO3)c21. The topological polar surface area (TPSA) is 69.8 Å². The van der Waals surface area contributed by atoms with Crippen molar-refractivity contribution >= 4 is 38.5 Å². The first kappa shape index (κ1) is 17.1. The predicted molar refractivity (Wildman–Crippen MR) is 99.2 cm³/mol. The fourth-order valence-electron chi connectivity index (χ4n) is 3.54. The van der Waals surface area contributed by atoms with E-state index in [2.05, 4.69) is 43.4 Å². The van der Waals surface area contributed by atoms with Gasteiger partial charge in [-0.1, -0.05) is 18.5 Å². The lowest BCUT2D eigenvalue weighted by atomic mass is 9.92. The van der Waals surface area contributed by atoms with Gasteiger partial charge in [0.05, 0.1) is 16.9 Å². The van der Waals surface area contributed by atoms with Gasteiger partial charge in [0, 0.05) is 30.8 Å². The van der Waals surface area contributed by atoms with Crippen molar-refractivity contribution in [2.45, 2.75) is 44.8 Å². The molecule has 1 saturated heterocycles. The first-order valence-electron chi connectivity index (χ1n) is 8.46. The average Bonchev–Trinajstić information content (AvgIpc) is 3.17. The highest BCUT2D eigenvalue weighted by Crippen LogP contribution is 2.42. The Bertz CT molecular complexity index is 823. The molecule has 0 saturated carbocycles. The van der Waals surface area contributed by atoms with Crippen molar-refractivity contribution in [2.24, 2.45) is 7.05 Å². The smallest absolute Gasteiger partial charge is 0.226 e. The second-order valence-corrected chi connectivity index (χ2v) is 7.65. The highest BCUT2D eigenvalue weighted by Gasteiger charge is 2.31. The lowest BCUT2D eigenvalue weighted by Gasteiger charge is -2.29. The van der Waals surface area contributed by atoms with E-state index in [1.165, 1.54) is 6.42 Å². The van der Waals surface area contributed by atoms with E-state index in [9.17, 15) is 0 Å². The lowest BCUT2D eigenvalue weighted by molar-refractivity contribution is -0.0416. The van der Waals surface area contributed by atoms with Crippen LogP contribution in [0.3, 0.4) is 0 Å². The van der Waals surface area contributed by atoms with E-state index >= 15 is 0 Å². The molecule has 1 aliphatic heterocycles. The standard InChI is InChI=1S/C16H20BrClN6O/c1-9-7-11(20-16-21-15(17)22-23(16)2)13(18)10-8-19-24(14(9)10)12-5-3-4-6-25-12/h8-9,12H,3-7H2,1-2H3,(H,20,21,22). The lowest BCUT2D eigenvalue weighted by Crippen LogP contribution is -2.23. The van der Waals surface area contributed by atoms with Crippen LogP contribution in [0, 0.1) is 0 Å². The molecule has 2 aliphatic rings. The molecule has 0 bridgehead atoms. The van der Waals surface area contributed by atoms with Crippen molar-refractivity contribution in [3.05, 3.63) is 27.9 Å². The van der Waals surface area contributed by atoms with Gasteiger partial charge < -0.3 is 10.1 Å². The van der Waals surface area contributed by atoms with E-state index in [4.69, 9.17) is 16.3 Å². The molecule has 2 aromatic heterocycles. The highest BCUT2D eigenvalue weighted by molar-refractivity contribution is 9.10. The largest absolute Gasteiger partial charge is 0.357 e. The molecule has 9 heteroatoms. The minimum Gasteiger partial charge on any atom is -0.357 e. The Morgan fingerprint density at radius 1 is 1.40 bits per heavy atom. The van der Waals surface area contributed by atoms with Crippen molar-refractivity contribution in [1.29, 1.82) is 0 Å². The summed E-state index contributed by atoms with van der Waals surface area (Å²) in [5.74, 6) is 0.934. The van der Waals surface area contributed by atoms with Gasteiger partial charge in [0.1, 0.15) is 6.23 Å². The summed E-state index contributed by atoms with van der Waals surface area (Å²) in [6, 6.07) is 0. The molecular formula is C16H20BrClN6O. The number of nitrogens with one attached hydrogen (secondary N) is 1. The molecule has 134 valence electrons. The minimum atomic E-state index is 0.0219. The summed E-state index contributed by atoms with van der Waals surface area (Å²) >= 11 is 9.98. The second-order valence-electron chi connectivity index (χ2n) is 6.56. The maximum atomic E-state index is 6.69. The van der Waals surface area contributed by atoms with Gasteiger partial charge in [-0.25, -0.2) is 9.36 Å². The van der Waals surface area contributed by atoms with Gasteiger partial charge in [0.25, 0.3) is 0 Å². The van der Waals surface area contributed by atoms with Gasteiger partial charge in [-0.3, -0.25) is 0 Å². The Kier molecular flexibility index (Phi) is 4.59. The van der Waals surface area contributed by atoms with E-state index in [1.54, 1.807) is 4.68 Å². The molecule has 1 aliphatic carbocycles. The van der Waals surface area contributed by atoms with Crippen LogP contribution in [0.4, 0.5) is 5.95 Å². The van der Waals surface area contributed by atoms with Crippen LogP contribution in [-0.2, 0) is 11.8 Å². The molecule has 7 nitrogen and oxygen atoms in total. The highest BCUT2D eigenvalue weighted by atomic mass is 79.9. The maximum absolute atomic E-state index is 6.69. The Morgan fingerprint density at radius 3 is 2.92 bits per heavy atom. The Hall–Kier alpha value is -1.38. The predicted octanol–water partition coefficient (Wildman–Crippen LogP) is 4.00. The number of anilines is 1. The van der Waals surface area contributed by atoms with Crippen LogP contribution >= 0.6 is 27.5 Å². The maximum Gasteiger partial charge on any atom is 0.226 e. The van der Waals surface area contributed by atoms with Crippen LogP contribution in [0.5, 0.6) is 0 Å². The van der Waals surface area contributed by atoms with E-state index in [1.807, 2.05) is 17.9 Å². The number of hydrogen-bond acceptors (Lipinski definition) is 5. The van der Waals surface area contributed by atoms with Gasteiger partial charge in [-0.05, 0) is 41.6 Å². The van der Waals surface area contributed by atoms with Gasteiger partial charge in [-0.2, -0.15) is 10.1 Å². The summed E-state index contributed by atoms with van der Waals surface area (Å²) in [4.78, 5) is 4.32. The molecule has 0 aromatic carbocycles. The number of allylic oxidation sites excluding steroid dienone is 1. The first-order chi connectivity index (χ1) is 12.0. The number of ether oxygens (including phenoxy) is 1. The van der Waals surface area contributed by atoms with E-state index < -0.39 is 0 Å². The van der Waals surface area contributed by atoms with Crippen LogP contribution in [0.1, 0.15) is 56.0 Å². The number of fused-ring (bicyclic) bond motifs is 1. The monoisotopic (exact) mass is 426 g/mol. The zero-order chi connectivity index (χ0) is 17.6. The van der Waals surface area contributed by atoms with Crippen molar-refractivity contribution in [1.82, 2.24) is 24.5 Å². The molecule has 1 N–H and O–H groups in total. The molecule has 3 heterocycles. The van der Waals surface area contributed by atoms with E-state index in [-0.39, 0.29) is 12.1 Å². The third-order valence-electron chi connectivity index (χ3n) is 4.74. The number of halogens is 2. The summed E-state index contributed by atoms with van der Waals surface area (Å²) in [5.41, 5.74) is 3.06. The van der Waals surface area contributed by atoms with Crippen LogP contribution in [0.25, 0.3) is 5.03 Å². The minimum absolute atomic E-state index is 0.0219. The molecule has 1 fully saturated rings. The first-order valence-corrected chi connectivity index (χ1v) is 9.63. The van der Waals surface area contributed by atoms with Crippen molar-refractivity contribution in [2.75, 3.05) is 11.9 Å². The Balaban J connectivity index is 1.67. The van der Waals surface area contributed by atoms with Gasteiger partial charge in [-0.15, -0.1) is 5.10 Å². The molecule has 4 rings (SSSR count). The fraction of sp³-hybridized carbons (Fsp3) is 0.562. The summed E-state index contributed by atoms with van der Waals surface area (Å²) in [7, 11) is 1.84. The van der Waals surface area contributed by atoms with Crippen LogP contribution < -0.4 is 5.32 Å². The Morgan fingerprint density at radius 2 is 2.24 bits per heavy atom. The normalized spacial score (nSPS) is 23.7. The number of aromatic nitrogens is 5. The fourth-order valence-corrected chi connectivity index (χ4v) is 4.21. The molecule has 0 radical (unpaired) electrons. The zero-order valence-corrected chi connectivity index (χ0v) is 16.5. The molecule has 0 spiro atoms. The number of aryl methyl sites for hydroxylation is 1. The number of nitrogens with zero attached hydrogens (tertiary/aromatic N) is 5. The summed E-state index contributed by atoms with van der Waals surface area (Å²) in [6.45, 7) is 2.99. The van der Waals surface area contributed by atoms with Crippen LogP contribution in [0.15, 0.2) is 16.6 Å². The van der Waals surface area contributed by atoms with Gasteiger partial charge in [0.2, 0.25) is 10.7 Å². The second kappa shape index (κ2) is 6.74. The molecular weight excluding hydrogens is 408 g/mol.